The van der Waals surface area contributed by atoms with E-state index in [2.05, 4.69) is 6.58 Å². The van der Waals surface area contributed by atoms with Gasteiger partial charge in [-0.1, -0.05) is 24.8 Å². The summed E-state index contributed by atoms with van der Waals surface area (Å²) in [5.74, 6) is -3.09. The zero-order chi connectivity index (χ0) is 16.2. The fraction of sp³-hybridized carbons (Fsp3) is 0.267. The zero-order valence-electron chi connectivity index (χ0n) is 11.7. The molecule has 1 aromatic carbocycles. The molecule has 0 bridgehead atoms. The van der Waals surface area contributed by atoms with Gasteiger partial charge in [-0.3, -0.25) is 19.7 Å². The summed E-state index contributed by atoms with van der Waals surface area (Å²) in [4.78, 5) is 34.0. The molecule has 0 heterocycles. The summed E-state index contributed by atoms with van der Waals surface area (Å²) in [7, 11) is 0. The first-order valence-electron chi connectivity index (χ1n) is 6.14. The molecule has 1 rings (SSSR count). The number of hydrogen-bond donors (Lipinski definition) is 0. The summed E-state index contributed by atoms with van der Waals surface area (Å²) in [5, 5.41) is 20.2. The molecule has 1 atom stereocenters. The normalized spacial score (nSPS) is 11.5. The number of nitrogens with zero attached hydrogens (tertiary/aromatic N) is 2. The number of allylic oxidation sites excluding steroid dienone is 1. The standard InChI is InChI=1S/C15H14N2O4/c1-9(8-16)14(15(10(2)18)11(3)19)12-6-4-5-7-13(12)17(20)21/h4-7,14-15H,1H2,2-3H3. The number of rotatable bonds is 6. The molecular formula is C15H14N2O4. The third kappa shape index (κ3) is 3.39. The van der Waals surface area contributed by atoms with E-state index in [9.17, 15) is 19.7 Å². The summed E-state index contributed by atoms with van der Waals surface area (Å²) in [6.07, 6.45) is 0. The van der Waals surface area contributed by atoms with Gasteiger partial charge in [-0.2, -0.15) is 5.26 Å². The van der Waals surface area contributed by atoms with Crippen molar-refractivity contribution >= 4 is 17.3 Å². The van der Waals surface area contributed by atoms with Crippen molar-refractivity contribution in [3.8, 4) is 6.07 Å². The average molecular weight is 286 g/mol. The van der Waals surface area contributed by atoms with Gasteiger partial charge in [-0.05, 0) is 13.8 Å². The zero-order valence-corrected chi connectivity index (χ0v) is 11.7. The van der Waals surface area contributed by atoms with Crippen LogP contribution in [0.25, 0.3) is 0 Å². The second-order valence-corrected chi connectivity index (χ2v) is 4.63. The van der Waals surface area contributed by atoms with Gasteiger partial charge in [0.05, 0.1) is 16.9 Å². The van der Waals surface area contributed by atoms with Gasteiger partial charge in [-0.15, -0.1) is 0 Å². The Balaban J connectivity index is 3.58. The number of nitriles is 1. The van der Waals surface area contributed by atoms with Crippen LogP contribution < -0.4 is 0 Å². The van der Waals surface area contributed by atoms with Crippen LogP contribution in [0.4, 0.5) is 5.69 Å². The van der Waals surface area contributed by atoms with Crippen LogP contribution in [0.5, 0.6) is 0 Å². The molecule has 0 radical (unpaired) electrons. The Hall–Kier alpha value is -2.81. The second kappa shape index (κ2) is 6.57. The van der Waals surface area contributed by atoms with E-state index in [-0.39, 0.29) is 16.8 Å². The van der Waals surface area contributed by atoms with Gasteiger partial charge in [0.1, 0.15) is 11.6 Å². The Morgan fingerprint density at radius 3 is 2.24 bits per heavy atom. The molecule has 0 saturated heterocycles. The predicted octanol–water partition coefficient (Wildman–Crippen LogP) is 2.55. The lowest BCUT2D eigenvalue weighted by Crippen LogP contribution is -2.28. The maximum absolute atomic E-state index is 11.8. The highest BCUT2D eigenvalue weighted by Gasteiger charge is 2.36. The topological polar surface area (TPSA) is 101 Å². The van der Waals surface area contributed by atoms with Crippen molar-refractivity contribution in [1.29, 1.82) is 5.26 Å². The maximum atomic E-state index is 11.8. The molecule has 0 aliphatic carbocycles. The molecule has 0 N–H and O–H groups in total. The van der Waals surface area contributed by atoms with Crippen LogP contribution >= 0.6 is 0 Å². The highest BCUT2D eigenvalue weighted by molar-refractivity contribution is 6.02. The van der Waals surface area contributed by atoms with Gasteiger partial charge in [-0.25, -0.2) is 0 Å². The molecule has 0 aliphatic heterocycles. The van der Waals surface area contributed by atoms with Gasteiger partial charge in [0.15, 0.2) is 0 Å². The largest absolute Gasteiger partial charge is 0.299 e. The van der Waals surface area contributed by atoms with Crippen LogP contribution in [0.15, 0.2) is 36.4 Å². The van der Waals surface area contributed by atoms with Crippen LogP contribution in [-0.4, -0.2) is 16.5 Å². The molecule has 0 spiro atoms. The number of nitro benzene ring substituents is 1. The molecule has 108 valence electrons. The lowest BCUT2D eigenvalue weighted by atomic mass is 9.77. The molecule has 6 heteroatoms. The van der Waals surface area contributed by atoms with E-state index in [0.717, 1.165) is 0 Å². The van der Waals surface area contributed by atoms with Gasteiger partial charge >= 0.3 is 0 Å². The minimum atomic E-state index is -1.15. The first-order valence-corrected chi connectivity index (χ1v) is 6.14. The van der Waals surface area contributed by atoms with E-state index in [4.69, 9.17) is 5.26 Å². The number of para-hydroxylation sites is 1. The van der Waals surface area contributed by atoms with Crippen molar-refractivity contribution in [2.45, 2.75) is 19.8 Å². The minimum absolute atomic E-state index is 0.0558. The molecule has 6 nitrogen and oxygen atoms in total. The van der Waals surface area contributed by atoms with E-state index in [1.54, 1.807) is 12.1 Å². The molecule has 0 aliphatic rings. The first kappa shape index (κ1) is 16.2. The van der Waals surface area contributed by atoms with Crippen molar-refractivity contribution in [1.82, 2.24) is 0 Å². The second-order valence-electron chi connectivity index (χ2n) is 4.63. The Morgan fingerprint density at radius 1 is 1.29 bits per heavy atom. The highest BCUT2D eigenvalue weighted by Crippen LogP contribution is 2.37. The number of ketones is 2. The van der Waals surface area contributed by atoms with E-state index >= 15 is 0 Å². The number of carbonyl (C=O) groups excluding carboxylic acids is 2. The monoisotopic (exact) mass is 286 g/mol. The number of nitro groups is 1. The van der Waals surface area contributed by atoms with Gasteiger partial charge in [0, 0.05) is 23.1 Å². The van der Waals surface area contributed by atoms with Crippen LogP contribution in [0.3, 0.4) is 0 Å². The SMILES string of the molecule is C=C(C#N)C(c1ccccc1[N+](=O)[O-])C(C(C)=O)C(C)=O. The molecule has 1 unspecified atom stereocenters. The van der Waals surface area contributed by atoms with Gasteiger partial charge in [0.25, 0.3) is 5.69 Å². The third-order valence-corrected chi connectivity index (χ3v) is 3.20. The number of carbonyl (C=O) groups is 2. The molecule has 0 amide bonds. The summed E-state index contributed by atoms with van der Waals surface area (Å²) in [6.45, 7) is 5.99. The van der Waals surface area contributed by atoms with E-state index in [1.165, 1.54) is 32.0 Å². The smallest absolute Gasteiger partial charge is 0.273 e. The van der Waals surface area contributed by atoms with E-state index < -0.39 is 28.3 Å². The lowest BCUT2D eigenvalue weighted by molar-refractivity contribution is -0.385. The van der Waals surface area contributed by atoms with Crippen molar-refractivity contribution in [3.05, 3.63) is 52.1 Å². The number of hydrogen-bond acceptors (Lipinski definition) is 5. The average Bonchev–Trinajstić information content (AvgIpc) is 2.42. The fourth-order valence-corrected chi connectivity index (χ4v) is 2.31. The fourth-order valence-electron chi connectivity index (χ4n) is 2.31. The summed E-state index contributed by atoms with van der Waals surface area (Å²) < 4.78 is 0. The molecule has 0 aromatic heterocycles. The first-order chi connectivity index (χ1) is 9.81. The van der Waals surface area contributed by atoms with Gasteiger partial charge in [0.2, 0.25) is 0 Å². The lowest BCUT2D eigenvalue weighted by Gasteiger charge is -2.22. The molecule has 0 fully saturated rings. The minimum Gasteiger partial charge on any atom is -0.299 e. The van der Waals surface area contributed by atoms with Crippen molar-refractivity contribution in [2.75, 3.05) is 0 Å². The van der Waals surface area contributed by atoms with Crippen molar-refractivity contribution < 1.29 is 14.5 Å². The van der Waals surface area contributed by atoms with Crippen LogP contribution in [0.2, 0.25) is 0 Å². The third-order valence-electron chi connectivity index (χ3n) is 3.20. The van der Waals surface area contributed by atoms with Gasteiger partial charge < -0.3 is 0 Å². The van der Waals surface area contributed by atoms with Crippen LogP contribution in [0, 0.1) is 27.4 Å². The Labute approximate surface area is 121 Å². The van der Waals surface area contributed by atoms with E-state index in [1.807, 2.05) is 0 Å². The van der Waals surface area contributed by atoms with E-state index in [0.29, 0.717) is 0 Å². The Morgan fingerprint density at radius 2 is 1.81 bits per heavy atom. The summed E-state index contributed by atoms with van der Waals surface area (Å²) in [6, 6.07) is 7.53. The predicted molar refractivity (Wildman–Crippen MR) is 75.4 cm³/mol. The Bertz CT molecular complexity index is 644. The Kier molecular flexibility index (Phi) is 5.08. The number of benzene rings is 1. The molecule has 1 aromatic rings. The molecule has 0 saturated carbocycles. The quantitative estimate of drug-likeness (QED) is 0.346. The highest BCUT2D eigenvalue weighted by atomic mass is 16.6. The summed E-state index contributed by atoms with van der Waals surface area (Å²) in [5.41, 5.74) is -0.157. The van der Waals surface area contributed by atoms with Crippen LogP contribution in [-0.2, 0) is 9.59 Å². The molecule has 21 heavy (non-hydrogen) atoms. The number of Topliss-reactive ketones (excluding diaryl/α,β-unsaturated/α-hetero) is 2. The van der Waals surface area contributed by atoms with Crippen molar-refractivity contribution in [2.24, 2.45) is 5.92 Å². The van der Waals surface area contributed by atoms with Crippen LogP contribution in [0.1, 0.15) is 25.3 Å². The molecular weight excluding hydrogens is 272 g/mol. The van der Waals surface area contributed by atoms with Crippen molar-refractivity contribution in [3.63, 3.8) is 0 Å². The summed E-state index contributed by atoms with van der Waals surface area (Å²) >= 11 is 0. The maximum Gasteiger partial charge on any atom is 0.273 e.